The largest absolute Gasteiger partial charge is 0.416 e. The Morgan fingerprint density at radius 2 is 0.870 bits per heavy atom. The van der Waals surface area contributed by atoms with Crippen molar-refractivity contribution in [3.05, 3.63) is 138 Å². The van der Waals surface area contributed by atoms with Crippen LogP contribution in [0, 0.1) is 27.2 Å². The van der Waals surface area contributed by atoms with Crippen LogP contribution in [0.3, 0.4) is 0 Å². The molecule has 0 fully saturated rings. The highest BCUT2D eigenvalue weighted by Gasteiger charge is 2.73. The number of hydrogen-bond acceptors (Lipinski definition) is 8. The monoisotopic (exact) mass is 766 g/mol. The van der Waals surface area contributed by atoms with Crippen LogP contribution in [-0.2, 0) is 11.6 Å². The van der Waals surface area contributed by atoms with Crippen molar-refractivity contribution < 1.29 is 68.5 Å². The number of amides is 4. The Labute approximate surface area is 293 Å². The van der Waals surface area contributed by atoms with E-state index in [1.807, 2.05) is 0 Å². The molecule has 0 radical (unpaired) electrons. The van der Waals surface area contributed by atoms with Crippen molar-refractivity contribution in [2.45, 2.75) is 30.9 Å². The first-order chi connectivity index (χ1) is 24.9. The summed E-state index contributed by atoms with van der Waals surface area (Å²) >= 11 is 0. The van der Waals surface area contributed by atoms with Crippen molar-refractivity contribution in [2.24, 2.45) is 0 Å². The van der Waals surface area contributed by atoms with Gasteiger partial charge in [-0.1, -0.05) is 18.2 Å². The van der Waals surface area contributed by atoms with Gasteiger partial charge in [-0.3, -0.25) is 39.4 Å². The number of anilines is 2. The maximum absolute atomic E-state index is 15.1. The van der Waals surface area contributed by atoms with Crippen molar-refractivity contribution in [3.8, 4) is 0 Å². The fourth-order valence-electron chi connectivity index (χ4n) is 6.37. The Kier molecular flexibility index (Phi) is 8.20. The van der Waals surface area contributed by atoms with Gasteiger partial charge in [-0.05, 0) is 66.1 Å². The molecule has 0 aromatic heterocycles. The highest BCUT2D eigenvalue weighted by atomic mass is 19.4. The third kappa shape index (κ3) is 5.33. The van der Waals surface area contributed by atoms with Crippen molar-refractivity contribution >= 4 is 46.4 Å². The first-order valence-corrected chi connectivity index (χ1v) is 14.7. The van der Waals surface area contributed by atoms with Gasteiger partial charge in [0.1, 0.15) is 11.4 Å². The summed E-state index contributed by atoms with van der Waals surface area (Å²) in [6.45, 7) is 1.43. The molecule has 0 spiro atoms. The Morgan fingerprint density at radius 3 is 1.26 bits per heavy atom. The van der Waals surface area contributed by atoms with E-state index in [-0.39, 0.29) is 46.2 Å². The Balaban J connectivity index is 1.51. The number of carbonyl (C=O) groups is 4. The van der Waals surface area contributed by atoms with Gasteiger partial charge >= 0.3 is 18.5 Å². The van der Waals surface area contributed by atoms with E-state index in [4.69, 9.17) is 0 Å². The number of nitro groups is 2. The van der Waals surface area contributed by atoms with Gasteiger partial charge in [-0.2, -0.15) is 39.5 Å². The molecular formula is C33H15F9N4O8. The predicted molar refractivity (Wildman–Crippen MR) is 164 cm³/mol. The molecule has 0 bridgehead atoms. The van der Waals surface area contributed by atoms with Crippen LogP contribution < -0.4 is 9.80 Å². The lowest BCUT2D eigenvalue weighted by Crippen LogP contribution is -2.55. The molecule has 0 N–H and O–H groups in total. The Hall–Kier alpha value is -6.67. The summed E-state index contributed by atoms with van der Waals surface area (Å²) in [7, 11) is 0. The minimum atomic E-state index is -6.37. The predicted octanol–water partition coefficient (Wildman–Crippen LogP) is 7.84. The van der Waals surface area contributed by atoms with Crippen LogP contribution in [0.5, 0.6) is 0 Å². The third-order valence-electron chi connectivity index (χ3n) is 8.80. The first kappa shape index (κ1) is 37.1. The van der Waals surface area contributed by atoms with Crippen molar-refractivity contribution in [2.75, 3.05) is 9.80 Å². The van der Waals surface area contributed by atoms with E-state index >= 15 is 26.3 Å². The SMILES string of the molecule is Cc1ccc(N2C(=O)c3ccc(C(c4ccc5c(c4)C(=O)N(c4ccc(C(F)(F)F)cc4[N+](=O)[O-])C5=O)(C(F)(F)F)C(F)(F)F)cc3C2=O)c([N+](=O)[O-])c1. The smallest absolute Gasteiger partial charge is 0.268 e. The number of rotatable bonds is 6. The van der Waals surface area contributed by atoms with Crippen LogP contribution in [0.4, 0.5) is 62.3 Å². The summed E-state index contributed by atoms with van der Waals surface area (Å²) in [6, 6.07) is 5.23. The van der Waals surface area contributed by atoms with E-state index in [0.717, 1.165) is 12.1 Å². The third-order valence-corrected chi connectivity index (χ3v) is 8.80. The molecular weight excluding hydrogens is 751 g/mol. The second-order valence-electron chi connectivity index (χ2n) is 11.9. The standard InChI is InChI=1S/C33H15F9N4O8/c1-14-2-8-22(24(10-14)45(51)52)43-26(47)18-6-3-15(11-20(18)28(43)49)30(32(37,38)39,33(40,41)42)16-4-7-19-21(12-16)29(50)44(27(19)48)23-9-5-17(31(34,35)36)13-25(23)46(53)54/h2-13H,1H3. The second-order valence-corrected chi connectivity index (χ2v) is 11.9. The molecule has 12 nitrogen and oxygen atoms in total. The first-order valence-electron chi connectivity index (χ1n) is 14.7. The summed E-state index contributed by atoms with van der Waals surface area (Å²) < 4.78 is 131. The van der Waals surface area contributed by atoms with Gasteiger partial charge in [0.05, 0.1) is 37.7 Å². The van der Waals surface area contributed by atoms with E-state index in [2.05, 4.69) is 0 Å². The number of aryl methyl sites for hydroxylation is 1. The number of hydrogen-bond donors (Lipinski definition) is 0. The number of nitro benzene ring substituents is 2. The molecule has 4 aromatic rings. The fourth-order valence-corrected chi connectivity index (χ4v) is 6.37. The summed E-state index contributed by atoms with van der Waals surface area (Å²) in [5.41, 5.74) is -17.5. The van der Waals surface area contributed by atoms with Crippen LogP contribution in [-0.4, -0.2) is 45.8 Å². The van der Waals surface area contributed by atoms with Crippen LogP contribution in [0.25, 0.3) is 0 Å². The van der Waals surface area contributed by atoms with E-state index in [9.17, 15) is 52.6 Å². The molecule has 0 aliphatic carbocycles. The molecule has 0 atom stereocenters. The lowest BCUT2D eigenvalue weighted by atomic mass is 9.71. The number of halogens is 9. The Morgan fingerprint density at radius 1 is 0.500 bits per heavy atom. The van der Waals surface area contributed by atoms with Crippen LogP contribution in [0.15, 0.2) is 72.8 Å². The molecule has 0 saturated carbocycles. The number of imide groups is 2. The van der Waals surface area contributed by atoms with E-state index in [0.29, 0.717) is 23.8 Å². The normalized spacial score (nSPS) is 14.9. The summed E-state index contributed by atoms with van der Waals surface area (Å²) in [5, 5.41) is 23.3. The molecule has 2 aliphatic heterocycles. The molecule has 0 saturated heterocycles. The number of alkyl halides is 9. The van der Waals surface area contributed by atoms with Gasteiger partial charge in [0, 0.05) is 12.1 Å². The topological polar surface area (TPSA) is 161 Å². The number of fused-ring (bicyclic) bond motifs is 2. The number of carbonyl (C=O) groups excluding carboxylic acids is 4. The molecule has 0 unspecified atom stereocenters. The average molecular weight is 766 g/mol. The minimum absolute atomic E-state index is 0.0271. The molecule has 21 heteroatoms. The zero-order valence-corrected chi connectivity index (χ0v) is 26.4. The fraction of sp³-hybridized carbons (Fsp3) is 0.152. The molecule has 6 rings (SSSR count). The van der Waals surface area contributed by atoms with Gasteiger partial charge in [0.15, 0.2) is 0 Å². The van der Waals surface area contributed by atoms with Crippen molar-refractivity contribution in [1.29, 1.82) is 0 Å². The molecule has 4 aromatic carbocycles. The van der Waals surface area contributed by atoms with Crippen LogP contribution in [0.1, 0.15) is 63.7 Å². The van der Waals surface area contributed by atoms with Gasteiger partial charge in [0.25, 0.3) is 35.0 Å². The second kappa shape index (κ2) is 11.9. The van der Waals surface area contributed by atoms with Crippen molar-refractivity contribution in [3.63, 3.8) is 0 Å². The zero-order chi connectivity index (χ0) is 40.0. The summed E-state index contributed by atoms with van der Waals surface area (Å²) in [6.07, 6.45) is -17.9. The quantitative estimate of drug-likeness (QED) is 0.0830. The van der Waals surface area contributed by atoms with E-state index < -0.39 is 119 Å². The maximum Gasteiger partial charge on any atom is 0.416 e. The van der Waals surface area contributed by atoms with E-state index in [1.165, 1.54) is 13.0 Å². The summed E-state index contributed by atoms with van der Waals surface area (Å²) in [5.74, 6) is -6.06. The van der Waals surface area contributed by atoms with Gasteiger partial charge in [-0.15, -0.1) is 0 Å². The van der Waals surface area contributed by atoms with Crippen molar-refractivity contribution in [1.82, 2.24) is 0 Å². The van der Waals surface area contributed by atoms with Gasteiger partial charge in [-0.25, -0.2) is 9.80 Å². The number of benzene rings is 4. The minimum Gasteiger partial charge on any atom is -0.268 e. The molecule has 2 heterocycles. The Bertz CT molecular complexity index is 2370. The zero-order valence-electron chi connectivity index (χ0n) is 26.4. The molecule has 4 amide bonds. The number of nitrogens with zero attached hydrogens (tertiary/aromatic N) is 4. The van der Waals surface area contributed by atoms with Gasteiger partial charge < -0.3 is 0 Å². The molecule has 278 valence electrons. The molecule has 2 aliphatic rings. The van der Waals surface area contributed by atoms with Crippen LogP contribution >= 0.6 is 0 Å². The van der Waals surface area contributed by atoms with Gasteiger partial charge in [0.2, 0.25) is 5.41 Å². The van der Waals surface area contributed by atoms with Crippen LogP contribution in [0.2, 0.25) is 0 Å². The van der Waals surface area contributed by atoms with E-state index in [1.54, 1.807) is 0 Å². The highest BCUT2D eigenvalue weighted by Crippen LogP contribution is 2.57. The molecule has 54 heavy (non-hydrogen) atoms. The highest BCUT2D eigenvalue weighted by molar-refractivity contribution is 6.36. The summed E-state index contributed by atoms with van der Waals surface area (Å²) in [4.78, 5) is 74.5. The lowest BCUT2D eigenvalue weighted by molar-refractivity contribution is -0.384. The average Bonchev–Trinajstić information content (AvgIpc) is 3.46. The lowest BCUT2D eigenvalue weighted by Gasteiger charge is -2.38. The maximum atomic E-state index is 15.1.